The fourth-order valence-electron chi connectivity index (χ4n) is 3.30. The van der Waals surface area contributed by atoms with E-state index in [-0.39, 0.29) is 6.10 Å². The Labute approximate surface area is 168 Å². The first kappa shape index (κ1) is 20.0. The smallest absolute Gasteiger partial charge is 0.191 e. The van der Waals surface area contributed by atoms with E-state index in [1.165, 1.54) is 0 Å². The van der Waals surface area contributed by atoms with E-state index >= 15 is 0 Å². The van der Waals surface area contributed by atoms with Crippen molar-refractivity contribution in [2.75, 3.05) is 31.1 Å². The Hall–Kier alpha value is -2.76. The Morgan fingerprint density at radius 3 is 2.61 bits per heavy atom. The first-order valence-corrected chi connectivity index (χ1v) is 10.2. The van der Waals surface area contributed by atoms with Gasteiger partial charge in [-0.3, -0.25) is 0 Å². The number of ether oxygens (including phenoxy) is 1. The third-order valence-corrected chi connectivity index (χ3v) is 4.74. The molecule has 2 N–H and O–H groups in total. The topological polar surface area (TPSA) is 61.8 Å². The number of piperidine rings is 1. The van der Waals surface area contributed by atoms with Crippen molar-refractivity contribution in [3.63, 3.8) is 0 Å². The molecule has 6 nitrogen and oxygen atoms in total. The second kappa shape index (κ2) is 10.5. The van der Waals surface area contributed by atoms with Crippen LogP contribution in [0.15, 0.2) is 59.7 Å². The summed E-state index contributed by atoms with van der Waals surface area (Å²) < 4.78 is 5.92. The van der Waals surface area contributed by atoms with Crippen molar-refractivity contribution in [3.8, 4) is 5.75 Å². The van der Waals surface area contributed by atoms with Gasteiger partial charge < -0.3 is 20.3 Å². The highest BCUT2D eigenvalue weighted by Gasteiger charge is 2.20. The lowest BCUT2D eigenvalue weighted by molar-refractivity contribution is 0.230. The van der Waals surface area contributed by atoms with Crippen LogP contribution in [0.3, 0.4) is 0 Å². The number of para-hydroxylation sites is 1. The van der Waals surface area contributed by atoms with Gasteiger partial charge >= 0.3 is 0 Å². The summed E-state index contributed by atoms with van der Waals surface area (Å²) in [5.74, 6) is 2.81. The maximum Gasteiger partial charge on any atom is 0.191 e. The van der Waals surface area contributed by atoms with Gasteiger partial charge in [-0.05, 0) is 51.0 Å². The molecule has 1 aromatic heterocycles. The van der Waals surface area contributed by atoms with Gasteiger partial charge in [-0.2, -0.15) is 0 Å². The molecule has 0 spiro atoms. The molecular weight excluding hydrogens is 350 g/mol. The number of hydrogen-bond acceptors (Lipinski definition) is 4. The van der Waals surface area contributed by atoms with Crippen LogP contribution in [0.1, 0.15) is 26.7 Å². The normalized spacial score (nSPS) is 16.5. The van der Waals surface area contributed by atoms with E-state index in [2.05, 4.69) is 33.5 Å². The molecule has 2 heterocycles. The highest BCUT2D eigenvalue weighted by atomic mass is 16.5. The lowest BCUT2D eigenvalue weighted by Gasteiger charge is -2.33. The van der Waals surface area contributed by atoms with Gasteiger partial charge in [-0.25, -0.2) is 9.98 Å². The molecule has 1 aromatic carbocycles. The quantitative estimate of drug-likeness (QED) is 0.570. The summed E-state index contributed by atoms with van der Waals surface area (Å²) in [6, 6.07) is 16.4. The van der Waals surface area contributed by atoms with Crippen LogP contribution in [0, 0.1) is 0 Å². The second-order valence-electron chi connectivity index (χ2n) is 7.05. The van der Waals surface area contributed by atoms with Gasteiger partial charge in [-0.1, -0.05) is 24.3 Å². The zero-order chi connectivity index (χ0) is 19.6. The van der Waals surface area contributed by atoms with Crippen LogP contribution in [0.5, 0.6) is 5.75 Å². The summed E-state index contributed by atoms with van der Waals surface area (Å²) in [4.78, 5) is 11.5. The molecule has 1 aliphatic heterocycles. The lowest BCUT2D eigenvalue weighted by atomic mass is 10.1. The van der Waals surface area contributed by atoms with E-state index < -0.39 is 0 Å². The summed E-state index contributed by atoms with van der Waals surface area (Å²) in [6.07, 6.45) is 4.01. The zero-order valence-electron chi connectivity index (χ0n) is 16.8. The minimum atomic E-state index is 0.0175. The number of nitrogens with zero attached hydrogens (tertiary/aromatic N) is 3. The number of anilines is 1. The van der Waals surface area contributed by atoms with Crippen LogP contribution in [0.2, 0.25) is 0 Å². The maximum absolute atomic E-state index is 5.92. The van der Waals surface area contributed by atoms with Crippen LogP contribution in [0.4, 0.5) is 5.82 Å². The Bertz CT molecular complexity index is 714. The zero-order valence-corrected chi connectivity index (χ0v) is 16.8. The molecule has 1 aliphatic rings. The molecule has 6 heteroatoms. The molecule has 1 saturated heterocycles. The lowest BCUT2D eigenvalue weighted by Crippen LogP contribution is -2.49. The summed E-state index contributed by atoms with van der Waals surface area (Å²) in [5, 5.41) is 6.93. The number of pyridine rings is 1. The number of aliphatic imine (C=N–C) groups is 1. The molecule has 28 heavy (non-hydrogen) atoms. The van der Waals surface area contributed by atoms with Gasteiger partial charge in [0.2, 0.25) is 0 Å². The van der Waals surface area contributed by atoms with Gasteiger partial charge in [0.25, 0.3) is 0 Å². The van der Waals surface area contributed by atoms with E-state index in [1.807, 2.05) is 55.6 Å². The Balaban J connectivity index is 1.48. The van der Waals surface area contributed by atoms with E-state index in [4.69, 9.17) is 9.73 Å². The predicted octanol–water partition coefficient (Wildman–Crippen LogP) is 3.07. The summed E-state index contributed by atoms with van der Waals surface area (Å²) in [7, 11) is 0. The second-order valence-corrected chi connectivity index (χ2v) is 7.05. The number of aromatic nitrogens is 1. The molecule has 0 aliphatic carbocycles. The summed E-state index contributed by atoms with van der Waals surface area (Å²) in [5.41, 5.74) is 0. The Morgan fingerprint density at radius 1 is 1.18 bits per heavy atom. The molecule has 3 rings (SSSR count). The highest BCUT2D eigenvalue weighted by molar-refractivity contribution is 5.80. The Morgan fingerprint density at radius 2 is 1.93 bits per heavy atom. The number of nitrogens with one attached hydrogen (secondary N) is 2. The van der Waals surface area contributed by atoms with E-state index in [1.54, 1.807) is 0 Å². The average Bonchev–Trinajstić information content (AvgIpc) is 2.74. The van der Waals surface area contributed by atoms with Gasteiger partial charge in [0, 0.05) is 31.9 Å². The molecule has 1 fully saturated rings. The predicted molar refractivity (Wildman–Crippen MR) is 115 cm³/mol. The van der Waals surface area contributed by atoms with Gasteiger partial charge in [-0.15, -0.1) is 0 Å². The summed E-state index contributed by atoms with van der Waals surface area (Å²) in [6.45, 7) is 7.59. The number of guanidine groups is 1. The highest BCUT2D eigenvalue weighted by Crippen LogP contribution is 2.17. The largest absolute Gasteiger partial charge is 0.489 e. The molecule has 1 atom stereocenters. The molecule has 1 unspecified atom stereocenters. The number of benzene rings is 1. The van der Waals surface area contributed by atoms with Crippen molar-refractivity contribution in [1.29, 1.82) is 0 Å². The van der Waals surface area contributed by atoms with E-state index in [0.717, 1.165) is 50.0 Å². The van der Waals surface area contributed by atoms with E-state index in [0.29, 0.717) is 12.6 Å². The van der Waals surface area contributed by atoms with Crippen LogP contribution >= 0.6 is 0 Å². The molecule has 2 aromatic rings. The minimum absolute atomic E-state index is 0.0175. The van der Waals surface area contributed by atoms with Crippen molar-refractivity contribution in [2.24, 2.45) is 4.99 Å². The molecule has 0 radical (unpaired) electrons. The standard InChI is InChI=1S/C22H31N5O/c1-3-23-22(25-17-18(2)28-20-9-5-4-6-10-20)26-19-12-15-27(16-13-19)21-11-7-8-14-24-21/h4-11,14,18-19H,3,12-13,15-17H2,1-2H3,(H2,23,25,26). The number of rotatable bonds is 7. The van der Waals surface area contributed by atoms with Crippen molar-refractivity contribution < 1.29 is 4.74 Å². The van der Waals surface area contributed by atoms with Crippen molar-refractivity contribution in [1.82, 2.24) is 15.6 Å². The molecule has 0 amide bonds. The van der Waals surface area contributed by atoms with Gasteiger partial charge in [0.1, 0.15) is 17.7 Å². The van der Waals surface area contributed by atoms with Crippen LogP contribution < -0.4 is 20.3 Å². The fraction of sp³-hybridized carbons (Fsp3) is 0.455. The van der Waals surface area contributed by atoms with Crippen LogP contribution in [-0.4, -0.2) is 49.3 Å². The molecule has 0 bridgehead atoms. The van der Waals surface area contributed by atoms with E-state index in [9.17, 15) is 0 Å². The third-order valence-electron chi connectivity index (χ3n) is 4.74. The fourth-order valence-corrected chi connectivity index (χ4v) is 3.30. The third kappa shape index (κ3) is 6.15. The van der Waals surface area contributed by atoms with Crippen molar-refractivity contribution >= 4 is 11.8 Å². The minimum Gasteiger partial charge on any atom is -0.489 e. The SMILES string of the molecule is CCNC(=NCC(C)Oc1ccccc1)NC1CCN(c2ccccn2)CC1. The molecule has 150 valence electrons. The number of hydrogen-bond donors (Lipinski definition) is 2. The molecular formula is C22H31N5O. The average molecular weight is 382 g/mol. The van der Waals surface area contributed by atoms with Crippen LogP contribution in [-0.2, 0) is 0 Å². The van der Waals surface area contributed by atoms with Crippen molar-refractivity contribution in [3.05, 3.63) is 54.7 Å². The monoisotopic (exact) mass is 381 g/mol. The first-order chi connectivity index (χ1) is 13.7. The van der Waals surface area contributed by atoms with Gasteiger partial charge in [0.15, 0.2) is 5.96 Å². The molecule has 0 saturated carbocycles. The van der Waals surface area contributed by atoms with Crippen molar-refractivity contribution in [2.45, 2.75) is 38.8 Å². The summed E-state index contributed by atoms with van der Waals surface area (Å²) >= 11 is 0. The first-order valence-electron chi connectivity index (χ1n) is 10.2. The maximum atomic E-state index is 5.92. The van der Waals surface area contributed by atoms with Crippen LogP contribution in [0.25, 0.3) is 0 Å². The Kier molecular flexibility index (Phi) is 7.53. The van der Waals surface area contributed by atoms with Gasteiger partial charge in [0.05, 0.1) is 6.54 Å².